The molecule has 1 unspecified atom stereocenters. The third kappa shape index (κ3) is 4.23. The minimum Gasteiger partial charge on any atom is -0.493 e. The van der Waals surface area contributed by atoms with Crippen molar-refractivity contribution in [1.29, 1.82) is 0 Å². The van der Waals surface area contributed by atoms with Crippen molar-refractivity contribution in [2.45, 2.75) is 6.04 Å². The molecule has 1 atom stereocenters. The number of methoxy groups -OCH3 is 4. The van der Waals surface area contributed by atoms with Crippen molar-refractivity contribution in [3.05, 3.63) is 78.1 Å². The number of pyridine rings is 1. The number of aromatic nitrogens is 1. The molecule has 0 N–H and O–H groups in total. The molecule has 1 fully saturated rings. The van der Waals surface area contributed by atoms with E-state index in [9.17, 15) is 9.59 Å². The smallest absolute Gasteiger partial charge is 0.345 e. The third-order valence-electron chi connectivity index (χ3n) is 5.61. The molecule has 0 aliphatic carbocycles. The van der Waals surface area contributed by atoms with Gasteiger partial charge in [0.05, 0.1) is 45.7 Å². The van der Waals surface area contributed by atoms with Crippen molar-refractivity contribution in [1.82, 2.24) is 4.98 Å². The predicted molar refractivity (Wildman–Crippen MR) is 128 cm³/mol. The molecule has 1 amide bonds. The van der Waals surface area contributed by atoms with Gasteiger partial charge in [-0.25, -0.2) is 4.79 Å². The number of hydrogen-bond acceptors (Lipinski definition) is 8. The summed E-state index contributed by atoms with van der Waals surface area (Å²) in [4.78, 5) is 31.0. The molecule has 4 rings (SSSR count). The summed E-state index contributed by atoms with van der Waals surface area (Å²) in [5, 5.41) is 0. The summed E-state index contributed by atoms with van der Waals surface area (Å²) in [6, 6.07) is 11.2. The Bertz CT molecular complexity index is 1270. The van der Waals surface area contributed by atoms with Gasteiger partial charge in [0, 0.05) is 30.1 Å². The Morgan fingerprint density at radius 2 is 1.60 bits per heavy atom. The summed E-state index contributed by atoms with van der Waals surface area (Å²) in [5.41, 5.74) is 1.89. The molecule has 1 aliphatic rings. The number of β-lactam (4-membered cyclic amide) rings is 1. The van der Waals surface area contributed by atoms with Gasteiger partial charge in [0.25, 0.3) is 5.91 Å². The SMILES string of the molecule is C=C1C(=O)N(c2cc(OC)c(OC)c(OC)c2)C1c1ccc(OC)c(OC(=O)c2cccnc2)c1. The molecule has 9 nitrogen and oxygen atoms in total. The number of anilines is 1. The average Bonchev–Trinajstić information content (AvgIpc) is 2.90. The molecule has 1 aromatic heterocycles. The van der Waals surface area contributed by atoms with E-state index in [1.54, 1.807) is 53.6 Å². The summed E-state index contributed by atoms with van der Waals surface area (Å²) < 4.78 is 27.2. The van der Waals surface area contributed by atoms with Crippen LogP contribution in [-0.2, 0) is 4.79 Å². The van der Waals surface area contributed by atoms with Crippen LogP contribution in [0.5, 0.6) is 28.7 Å². The van der Waals surface area contributed by atoms with Crippen LogP contribution in [-0.4, -0.2) is 45.3 Å². The first-order valence-corrected chi connectivity index (χ1v) is 10.6. The molecule has 3 aromatic rings. The lowest BCUT2D eigenvalue weighted by molar-refractivity contribution is -0.119. The highest BCUT2D eigenvalue weighted by atomic mass is 16.6. The second-order valence-electron chi connectivity index (χ2n) is 7.53. The van der Waals surface area contributed by atoms with E-state index >= 15 is 0 Å². The topological polar surface area (TPSA) is 96.4 Å². The minimum atomic E-state index is -0.585. The highest BCUT2D eigenvalue weighted by Gasteiger charge is 2.43. The second-order valence-corrected chi connectivity index (χ2v) is 7.53. The number of benzene rings is 2. The van der Waals surface area contributed by atoms with Crippen LogP contribution in [0.1, 0.15) is 22.0 Å². The van der Waals surface area contributed by atoms with Crippen LogP contribution < -0.4 is 28.6 Å². The zero-order valence-corrected chi connectivity index (χ0v) is 19.7. The maximum Gasteiger partial charge on any atom is 0.345 e. The quantitative estimate of drug-likeness (QED) is 0.209. The standard InChI is InChI=1S/C26H24N2O7/c1-15-23(28(25(15)29)18-12-21(32-3)24(34-5)22(13-18)33-4)16-8-9-19(31-2)20(11-16)35-26(30)17-7-6-10-27-14-17/h6-14,23H,1H2,2-5H3. The zero-order chi connectivity index (χ0) is 25.1. The fourth-order valence-corrected chi connectivity index (χ4v) is 3.89. The lowest BCUT2D eigenvalue weighted by atomic mass is 9.88. The molecule has 1 saturated heterocycles. The Hall–Kier alpha value is -4.53. The van der Waals surface area contributed by atoms with Gasteiger partial charge in [0.2, 0.25) is 5.75 Å². The third-order valence-corrected chi connectivity index (χ3v) is 5.61. The number of ether oxygens (including phenoxy) is 5. The van der Waals surface area contributed by atoms with Gasteiger partial charge in [-0.2, -0.15) is 0 Å². The van der Waals surface area contributed by atoms with E-state index < -0.39 is 12.0 Å². The number of hydrogen-bond donors (Lipinski definition) is 0. The van der Waals surface area contributed by atoms with Crippen molar-refractivity contribution in [2.75, 3.05) is 33.3 Å². The first kappa shape index (κ1) is 23.6. The summed E-state index contributed by atoms with van der Waals surface area (Å²) in [5.74, 6) is 0.958. The summed E-state index contributed by atoms with van der Waals surface area (Å²) >= 11 is 0. The van der Waals surface area contributed by atoms with Gasteiger partial charge < -0.3 is 23.7 Å². The Morgan fingerprint density at radius 3 is 2.17 bits per heavy atom. The Morgan fingerprint density at radius 1 is 0.914 bits per heavy atom. The monoisotopic (exact) mass is 476 g/mol. The van der Waals surface area contributed by atoms with Crippen molar-refractivity contribution in [3.63, 3.8) is 0 Å². The van der Waals surface area contributed by atoms with E-state index in [1.807, 2.05) is 0 Å². The first-order chi connectivity index (χ1) is 16.9. The number of rotatable bonds is 8. The molecule has 0 spiro atoms. The summed E-state index contributed by atoms with van der Waals surface area (Å²) in [6.45, 7) is 3.95. The highest BCUT2D eigenvalue weighted by molar-refractivity contribution is 6.15. The van der Waals surface area contributed by atoms with Crippen molar-refractivity contribution in [2.24, 2.45) is 0 Å². The van der Waals surface area contributed by atoms with Crippen molar-refractivity contribution >= 4 is 17.6 Å². The van der Waals surface area contributed by atoms with Gasteiger partial charge in [-0.1, -0.05) is 12.6 Å². The highest BCUT2D eigenvalue weighted by Crippen LogP contribution is 2.48. The largest absolute Gasteiger partial charge is 0.493 e. The number of carbonyl (C=O) groups excluding carboxylic acids is 2. The fourth-order valence-electron chi connectivity index (χ4n) is 3.89. The van der Waals surface area contributed by atoms with Gasteiger partial charge in [0.15, 0.2) is 23.0 Å². The Balaban J connectivity index is 1.71. The van der Waals surface area contributed by atoms with Crippen LogP contribution in [0.4, 0.5) is 5.69 Å². The molecule has 0 radical (unpaired) electrons. The molecule has 0 saturated carbocycles. The van der Waals surface area contributed by atoms with Crippen molar-refractivity contribution in [3.8, 4) is 28.7 Å². The Labute approximate surface area is 202 Å². The van der Waals surface area contributed by atoms with E-state index in [-0.39, 0.29) is 11.7 Å². The van der Waals surface area contributed by atoms with Gasteiger partial charge in [-0.3, -0.25) is 14.7 Å². The lowest BCUT2D eigenvalue weighted by Gasteiger charge is -2.42. The van der Waals surface area contributed by atoms with Gasteiger partial charge in [0.1, 0.15) is 0 Å². The number of nitrogens with zero attached hydrogens (tertiary/aromatic N) is 2. The van der Waals surface area contributed by atoms with Crippen LogP contribution in [0, 0.1) is 0 Å². The zero-order valence-electron chi connectivity index (χ0n) is 19.7. The molecular weight excluding hydrogens is 452 g/mol. The molecule has 2 heterocycles. The summed E-state index contributed by atoms with van der Waals surface area (Å²) in [7, 11) is 5.99. The summed E-state index contributed by atoms with van der Waals surface area (Å²) in [6.07, 6.45) is 2.98. The van der Waals surface area contributed by atoms with Gasteiger partial charge >= 0.3 is 5.97 Å². The number of esters is 1. The molecule has 2 aromatic carbocycles. The average molecular weight is 476 g/mol. The normalized spacial score (nSPS) is 14.7. The van der Waals surface area contributed by atoms with E-state index in [0.717, 1.165) is 0 Å². The maximum atomic E-state index is 12.9. The number of amides is 1. The van der Waals surface area contributed by atoms with Crippen molar-refractivity contribution < 1.29 is 33.3 Å². The molecule has 1 aliphatic heterocycles. The molecule has 180 valence electrons. The van der Waals surface area contributed by atoms with E-state index in [4.69, 9.17) is 23.7 Å². The first-order valence-electron chi connectivity index (χ1n) is 10.6. The van der Waals surface area contributed by atoms with E-state index in [1.165, 1.54) is 34.6 Å². The molecule has 0 bridgehead atoms. The van der Waals surface area contributed by atoms with Crippen LogP contribution in [0.15, 0.2) is 67.0 Å². The minimum absolute atomic E-state index is 0.204. The second kappa shape index (κ2) is 9.76. The number of carbonyl (C=O) groups is 2. The fraction of sp³-hybridized carbons (Fsp3) is 0.192. The van der Waals surface area contributed by atoms with Crippen LogP contribution in [0.25, 0.3) is 0 Å². The van der Waals surface area contributed by atoms with Crippen LogP contribution >= 0.6 is 0 Å². The Kier molecular flexibility index (Phi) is 6.59. The van der Waals surface area contributed by atoms with Gasteiger partial charge in [-0.05, 0) is 29.8 Å². The van der Waals surface area contributed by atoms with E-state index in [0.29, 0.717) is 45.4 Å². The predicted octanol–water partition coefficient (Wildman–Crippen LogP) is 3.98. The lowest BCUT2D eigenvalue weighted by Crippen LogP contribution is -2.48. The molecule has 9 heteroatoms. The van der Waals surface area contributed by atoms with Crippen LogP contribution in [0.3, 0.4) is 0 Å². The molecular formula is C26H24N2O7. The van der Waals surface area contributed by atoms with Gasteiger partial charge in [-0.15, -0.1) is 0 Å². The molecule has 35 heavy (non-hydrogen) atoms. The van der Waals surface area contributed by atoms with Crippen LogP contribution in [0.2, 0.25) is 0 Å². The maximum absolute atomic E-state index is 12.9. The van der Waals surface area contributed by atoms with E-state index in [2.05, 4.69) is 11.6 Å².